The van der Waals surface area contributed by atoms with E-state index in [4.69, 9.17) is 11.1 Å². The summed E-state index contributed by atoms with van der Waals surface area (Å²) >= 11 is 1.64. The van der Waals surface area contributed by atoms with Gasteiger partial charge in [0.1, 0.15) is 11.7 Å². The van der Waals surface area contributed by atoms with Crippen LogP contribution in [0.1, 0.15) is 28.7 Å². The molecule has 21 heavy (non-hydrogen) atoms. The monoisotopic (exact) mass is 300 g/mol. The SMILES string of the molecule is N=C(N)c1ccc(CSc2ccc3c(c2)CCC3)c(F)c1. The van der Waals surface area contributed by atoms with Gasteiger partial charge in [0.15, 0.2) is 0 Å². The van der Waals surface area contributed by atoms with Gasteiger partial charge in [0.2, 0.25) is 0 Å². The van der Waals surface area contributed by atoms with Crippen molar-refractivity contribution in [1.29, 1.82) is 5.41 Å². The third-order valence-corrected chi connectivity index (χ3v) is 4.87. The average molecular weight is 300 g/mol. The quantitative estimate of drug-likeness (QED) is 0.511. The lowest BCUT2D eigenvalue weighted by molar-refractivity contribution is 0.617. The second-order valence-electron chi connectivity index (χ2n) is 5.29. The van der Waals surface area contributed by atoms with Crippen LogP contribution in [0.3, 0.4) is 0 Å². The fraction of sp³-hybridized carbons (Fsp3) is 0.235. The lowest BCUT2D eigenvalue weighted by atomic mass is 10.1. The number of benzene rings is 2. The summed E-state index contributed by atoms with van der Waals surface area (Å²) in [5.41, 5.74) is 9.33. The normalized spacial score (nSPS) is 13.2. The van der Waals surface area contributed by atoms with Gasteiger partial charge in [0.25, 0.3) is 0 Å². The van der Waals surface area contributed by atoms with E-state index in [-0.39, 0.29) is 11.7 Å². The van der Waals surface area contributed by atoms with Gasteiger partial charge < -0.3 is 5.73 Å². The first-order chi connectivity index (χ1) is 10.1. The second-order valence-corrected chi connectivity index (χ2v) is 6.34. The van der Waals surface area contributed by atoms with E-state index in [1.165, 1.54) is 34.9 Å². The van der Waals surface area contributed by atoms with Gasteiger partial charge in [-0.15, -0.1) is 11.8 Å². The maximum absolute atomic E-state index is 14.0. The molecule has 1 aliphatic carbocycles. The Balaban J connectivity index is 1.71. The molecule has 0 saturated carbocycles. The molecular weight excluding hydrogens is 283 g/mol. The minimum absolute atomic E-state index is 0.105. The van der Waals surface area contributed by atoms with Crippen LogP contribution in [0, 0.1) is 11.2 Å². The van der Waals surface area contributed by atoms with Crippen LogP contribution in [0.4, 0.5) is 4.39 Å². The van der Waals surface area contributed by atoms with Crippen molar-refractivity contribution in [2.24, 2.45) is 5.73 Å². The van der Waals surface area contributed by atoms with Gasteiger partial charge in [-0.1, -0.05) is 18.2 Å². The Morgan fingerprint density at radius 3 is 2.71 bits per heavy atom. The number of amidine groups is 1. The zero-order valence-electron chi connectivity index (χ0n) is 11.7. The van der Waals surface area contributed by atoms with E-state index in [1.54, 1.807) is 23.9 Å². The van der Waals surface area contributed by atoms with Crippen LogP contribution in [-0.4, -0.2) is 5.84 Å². The molecule has 2 nitrogen and oxygen atoms in total. The van der Waals surface area contributed by atoms with Crippen molar-refractivity contribution in [2.75, 3.05) is 0 Å². The molecule has 2 aromatic carbocycles. The smallest absolute Gasteiger partial charge is 0.127 e. The molecule has 0 bridgehead atoms. The number of nitrogens with two attached hydrogens (primary N) is 1. The van der Waals surface area contributed by atoms with Crippen LogP contribution >= 0.6 is 11.8 Å². The molecule has 0 radical (unpaired) electrons. The number of halogens is 1. The van der Waals surface area contributed by atoms with Crippen LogP contribution < -0.4 is 5.73 Å². The van der Waals surface area contributed by atoms with Crippen LogP contribution in [0.5, 0.6) is 0 Å². The van der Waals surface area contributed by atoms with Gasteiger partial charge in [0, 0.05) is 16.2 Å². The van der Waals surface area contributed by atoms with E-state index >= 15 is 0 Å². The number of thioether (sulfide) groups is 1. The average Bonchev–Trinajstić information content (AvgIpc) is 2.93. The summed E-state index contributed by atoms with van der Waals surface area (Å²) in [6.45, 7) is 0. The number of fused-ring (bicyclic) bond motifs is 1. The molecule has 4 heteroatoms. The van der Waals surface area contributed by atoms with Crippen molar-refractivity contribution in [3.05, 3.63) is 64.5 Å². The predicted octanol–water partition coefficient (Wildman–Crippen LogP) is 3.89. The molecular formula is C17H17FN2S. The van der Waals surface area contributed by atoms with Crippen molar-refractivity contribution in [3.8, 4) is 0 Å². The third kappa shape index (κ3) is 3.10. The molecule has 3 rings (SSSR count). The lowest BCUT2D eigenvalue weighted by Gasteiger charge is -2.07. The first-order valence-electron chi connectivity index (χ1n) is 7.01. The van der Waals surface area contributed by atoms with Gasteiger partial charge in [-0.3, -0.25) is 5.41 Å². The summed E-state index contributed by atoms with van der Waals surface area (Å²) in [6, 6.07) is 11.3. The first kappa shape index (κ1) is 14.1. The van der Waals surface area contributed by atoms with E-state index in [0.29, 0.717) is 16.9 Å². The number of hydrogen-bond acceptors (Lipinski definition) is 2. The minimum Gasteiger partial charge on any atom is -0.384 e. The molecule has 0 heterocycles. The van der Waals surface area contributed by atoms with Gasteiger partial charge >= 0.3 is 0 Å². The van der Waals surface area contributed by atoms with E-state index in [1.807, 2.05) is 0 Å². The molecule has 0 atom stereocenters. The number of nitrogen functional groups attached to an aromatic ring is 1. The van der Waals surface area contributed by atoms with Gasteiger partial charge in [0.05, 0.1) is 0 Å². The number of aryl methyl sites for hydroxylation is 2. The summed E-state index contributed by atoms with van der Waals surface area (Å²) < 4.78 is 14.0. The van der Waals surface area contributed by atoms with Crippen molar-refractivity contribution >= 4 is 17.6 Å². The largest absolute Gasteiger partial charge is 0.384 e. The highest BCUT2D eigenvalue weighted by molar-refractivity contribution is 7.98. The van der Waals surface area contributed by atoms with Gasteiger partial charge in [-0.2, -0.15) is 0 Å². The van der Waals surface area contributed by atoms with E-state index in [0.717, 1.165) is 6.42 Å². The minimum atomic E-state index is -0.295. The Morgan fingerprint density at radius 1 is 1.14 bits per heavy atom. The van der Waals surface area contributed by atoms with Crippen molar-refractivity contribution in [3.63, 3.8) is 0 Å². The van der Waals surface area contributed by atoms with Crippen molar-refractivity contribution < 1.29 is 4.39 Å². The van der Waals surface area contributed by atoms with Gasteiger partial charge in [-0.25, -0.2) is 4.39 Å². The molecule has 0 fully saturated rings. The van der Waals surface area contributed by atoms with Crippen LogP contribution in [0.15, 0.2) is 41.3 Å². The predicted molar refractivity (Wildman–Crippen MR) is 85.4 cm³/mol. The Morgan fingerprint density at radius 2 is 1.95 bits per heavy atom. The van der Waals surface area contributed by atoms with Crippen molar-refractivity contribution in [1.82, 2.24) is 0 Å². The molecule has 1 aliphatic rings. The standard InChI is InChI=1S/C17H17FN2S/c18-16-9-13(17(19)20)4-5-14(16)10-21-15-7-6-11-2-1-3-12(11)8-15/h4-9H,1-3,10H2,(H3,19,20). The number of hydrogen-bond donors (Lipinski definition) is 2. The van der Waals surface area contributed by atoms with Crippen molar-refractivity contribution in [2.45, 2.75) is 29.9 Å². The Kier molecular flexibility index (Phi) is 3.97. The Bertz CT molecular complexity index is 697. The summed E-state index contributed by atoms with van der Waals surface area (Å²) in [6.07, 6.45) is 3.58. The molecule has 0 spiro atoms. The molecule has 2 aromatic rings. The highest BCUT2D eigenvalue weighted by atomic mass is 32.2. The Labute approximate surface area is 128 Å². The molecule has 3 N–H and O–H groups in total. The molecule has 0 aromatic heterocycles. The molecule has 0 unspecified atom stereocenters. The molecule has 108 valence electrons. The maximum atomic E-state index is 14.0. The highest BCUT2D eigenvalue weighted by Gasteiger charge is 2.11. The number of nitrogens with one attached hydrogen (secondary N) is 1. The molecule has 0 amide bonds. The second kappa shape index (κ2) is 5.90. The fourth-order valence-corrected chi connectivity index (χ4v) is 3.58. The van der Waals surface area contributed by atoms with E-state index in [9.17, 15) is 4.39 Å². The lowest BCUT2D eigenvalue weighted by Crippen LogP contribution is -2.11. The maximum Gasteiger partial charge on any atom is 0.127 e. The summed E-state index contributed by atoms with van der Waals surface area (Å²) in [7, 11) is 0. The topological polar surface area (TPSA) is 49.9 Å². The fourth-order valence-electron chi connectivity index (χ4n) is 2.63. The third-order valence-electron chi connectivity index (χ3n) is 3.83. The summed E-state index contributed by atoms with van der Waals surface area (Å²) in [4.78, 5) is 1.19. The highest BCUT2D eigenvalue weighted by Crippen LogP contribution is 2.30. The van der Waals surface area contributed by atoms with Crippen LogP contribution in [0.2, 0.25) is 0 Å². The first-order valence-corrected chi connectivity index (χ1v) is 7.99. The summed E-state index contributed by atoms with van der Waals surface area (Å²) in [5, 5.41) is 7.32. The summed E-state index contributed by atoms with van der Waals surface area (Å²) in [5.74, 6) is 0.186. The zero-order chi connectivity index (χ0) is 14.8. The number of rotatable bonds is 4. The molecule has 0 aliphatic heterocycles. The Hall–Kier alpha value is -1.81. The van der Waals surface area contributed by atoms with Gasteiger partial charge in [-0.05, 0) is 54.2 Å². The molecule has 0 saturated heterocycles. The van der Waals surface area contributed by atoms with E-state index < -0.39 is 0 Å². The zero-order valence-corrected chi connectivity index (χ0v) is 12.5. The van der Waals surface area contributed by atoms with E-state index in [2.05, 4.69) is 18.2 Å². The van der Waals surface area contributed by atoms with Crippen LogP contribution in [0.25, 0.3) is 0 Å². The van der Waals surface area contributed by atoms with Crippen LogP contribution in [-0.2, 0) is 18.6 Å².